The molecule has 7 nitrogen and oxygen atoms in total. The Kier molecular flexibility index (Phi) is 1.93. The quantitative estimate of drug-likeness (QED) is 0.513. The van der Waals surface area contributed by atoms with Crippen molar-refractivity contribution in [3.8, 4) is 0 Å². The molecule has 0 saturated carbocycles. The SMILES string of the molecule is O=C(O)C1=C(C(=O)O)C(C(=O)O)O1. The lowest BCUT2D eigenvalue weighted by molar-refractivity contribution is -0.158. The monoisotopic (exact) mass is 188 g/mol. The summed E-state index contributed by atoms with van der Waals surface area (Å²) in [4.78, 5) is 30.8. The van der Waals surface area contributed by atoms with Crippen molar-refractivity contribution in [2.75, 3.05) is 0 Å². The predicted octanol–water partition coefficient (Wildman–Crippen LogP) is -1.11. The molecular formula is C6H4O7. The van der Waals surface area contributed by atoms with E-state index in [-0.39, 0.29) is 0 Å². The van der Waals surface area contributed by atoms with Crippen LogP contribution in [0.3, 0.4) is 0 Å². The van der Waals surface area contributed by atoms with E-state index in [0.717, 1.165) is 0 Å². The number of hydrogen-bond acceptors (Lipinski definition) is 4. The summed E-state index contributed by atoms with van der Waals surface area (Å²) in [6.45, 7) is 0. The van der Waals surface area contributed by atoms with Crippen molar-refractivity contribution in [1.82, 2.24) is 0 Å². The maximum Gasteiger partial charge on any atom is 0.371 e. The smallest absolute Gasteiger partial charge is 0.371 e. The Morgan fingerprint density at radius 3 is 1.92 bits per heavy atom. The molecule has 0 saturated heterocycles. The lowest BCUT2D eigenvalue weighted by Gasteiger charge is -2.25. The van der Waals surface area contributed by atoms with Gasteiger partial charge in [0, 0.05) is 0 Å². The fourth-order valence-electron chi connectivity index (χ4n) is 0.850. The van der Waals surface area contributed by atoms with E-state index in [1.54, 1.807) is 0 Å². The summed E-state index contributed by atoms with van der Waals surface area (Å²) in [6.07, 6.45) is -1.68. The summed E-state index contributed by atoms with van der Waals surface area (Å²) in [6, 6.07) is 0. The van der Waals surface area contributed by atoms with Crippen LogP contribution in [0.4, 0.5) is 0 Å². The second-order valence-corrected chi connectivity index (χ2v) is 2.19. The average Bonchev–Trinajstić information content (AvgIpc) is 1.79. The minimum Gasteiger partial charge on any atom is -0.478 e. The maximum absolute atomic E-state index is 10.3. The molecule has 13 heavy (non-hydrogen) atoms. The molecule has 1 aliphatic heterocycles. The molecule has 1 atom stereocenters. The van der Waals surface area contributed by atoms with E-state index >= 15 is 0 Å². The number of carboxylic acid groups (broad SMARTS) is 3. The van der Waals surface area contributed by atoms with E-state index < -0.39 is 35.3 Å². The zero-order valence-electron chi connectivity index (χ0n) is 6.05. The summed E-state index contributed by atoms with van der Waals surface area (Å²) in [7, 11) is 0. The second kappa shape index (κ2) is 2.77. The third-order valence-electron chi connectivity index (χ3n) is 1.39. The standard InChI is InChI=1S/C6H4O7/c7-4(8)1-2(5(9)10)13-3(1)6(11)12/h2H,(H,7,8)(H,9,10)(H,11,12). The second-order valence-electron chi connectivity index (χ2n) is 2.19. The van der Waals surface area contributed by atoms with Crippen molar-refractivity contribution >= 4 is 17.9 Å². The molecule has 0 aromatic rings. The van der Waals surface area contributed by atoms with Crippen LogP contribution in [0.2, 0.25) is 0 Å². The van der Waals surface area contributed by atoms with Crippen LogP contribution in [0.25, 0.3) is 0 Å². The van der Waals surface area contributed by atoms with Crippen LogP contribution in [0.1, 0.15) is 0 Å². The van der Waals surface area contributed by atoms with Gasteiger partial charge in [-0.05, 0) is 0 Å². The van der Waals surface area contributed by atoms with Gasteiger partial charge in [-0.25, -0.2) is 14.4 Å². The van der Waals surface area contributed by atoms with Gasteiger partial charge < -0.3 is 20.1 Å². The molecule has 7 heteroatoms. The minimum atomic E-state index is -1.68. The summed E-state index contributed by atoms with van der Waals surface area (Å²) in [5.74, 6) is -5.53. The first kappa shape index (κ1) is 9.04. The van der Waals surface area contributed by atoms with Crippen molar-refractivity contribution in [1.29, 1.82) is 0 Å². The molecule has 70 valence electrons. The van der Waals surface area contributed by atoms with Crippen LogP contribution >= 0.6 is 0 Å². The molecule has 0 aliphatic carbocycles. The highest BCUT2D eigenvalue weighted by molar-refractivity contribution is 6.05. The minimum absolute atomic E-state index is 0.736. The molecular weight excluding hydrogens is 184 g/mol. The molecule has 0 radical (unpaired) electrons. The van der Waals surface area contributed by atoms with E-state index in [1.807, 2.05) is 0 Å². The van der Waals surface area contributed by atoms with Gasteiger partial charge in [0.15, 0.2) is 0 Å². The van der Waals surface area contributed by atoms with Crippen LogP contribution in [-0.2, 0) is 19.1 Å². The zero-order valence-corrected chi connectivity index (χ0v) is 6.05. The summed E-state index contributed by atoms with van der Waals surface area (Å²) >= 11 is 0. The summed E-state index contributed by atoms with van der Waals surface area (Å²) < 4.78 is 4.24. The molecule has 1 rings (SSSR count). The number of hydrogen-bond donors (Lipinski definition) is 3. The van der Waals surface area contributed by atoms with E-state index in [2.05, 4.69) is 4.74 Å². The number of carboxylic acids is 3. The Morgan fingerprint density at radius 2 is 1.62 bits per heavy atom. The Morgan fingerprint density at radius 1 is 1.08 bits per heavy atom. The van der Waals surface area contributed by atoms with Crippen LogP contribution in [0.15, 0.2) is 11.3 Å². The summed E-state index contributed by atoms with van der Waals surface area (Å²) in [5, 5.41) is 25.1. The van der Waals surface area contributed by atoms with Crippen LogP contribution in [-0.4, -0.2) is 39.3 Å². The van der Waals surface area contributed by atoms with Gasteiger partial charge in [-0.2, -0.15) is 0 Å². The Bertz CT molecular complexity index is 326. The van der Waals surface area contributed by atoms with E-state index in [0.29, 0.717) is 0 Å². The predicted molar refractivity (Wildman–Crippen MR) is 34.8 cm³/mol. The largest absolute Gasteiger partial charge is 0.478 e. The van der Waals surface area contributed by atoms with Crippen LogP contribution in [0.5, 0.6) is 0 Å². The van der Waals surface area contributed by atoms with E-state index in [1.165, 1.54) is 0 Å². The van der Waals surface area contributed by atoms with Crippen LogP contribution < -0.4 is 0 Å². The molecule has 1 unspecified atom stereocenters. The van der Waals surface area contributed by atoms with Crippen molar-refractivity contribution < 1.29 is 34.4 Å². The van der Waals surface area contributed by atoms with Gasteiger partial charge in [-0.3, -0.25) is 0 Å². The number of carbonyl (C=O) groups is 3. The Hall–Kier alpha value is -2.05. The first-order chi connectivity index (χ1) is 5.95. The first-order valence-corrected chi connectivity index (χ1v) is 3.05. The van der Waals surface area contributed by atoms with E-state index in [9.17, 15) is 14.4 Å². The number of aliphatic carboxylic acids is 3. The highest BCUT2D eigenvalue weighted by atomic mass is 16.6. The van der Waals surface area contributed by atoms with Crippen molar-refractivity contribution in [3.05, 3.63) is 11.3 Å². The topological polar surface area (TPSA) is 121 Å². The Labute approximate surface area is 70.8 Å². The highest BCUT2D eigenvalue weighted by Crippen LogP contribution is 2.27. The molecule has 3 N–H and O–H groups in total. The number of ether oxygens (including phenoxy) is 1. The zero-order chi connectivity index (χ0) is 10.2. The van der Waals surface area contributed by atoms with Crippen molar-refractivity contribution in [2.24, 2.45) is 0 Å². The molecule has 1 heterocycles. The normalized spacial score (nSPS) is 20.2. The maximum atomic E-state index is 10.3. The van der Waals surface area contributed by atoms with E-state index in [4.69, 9.17) is 15.3 Å². The fourth-order valence-corrected chi connectivity index (χ4v) is 0.850. The lowest BCUT2D eigenvalue weighted by Crippen LogP contribution is -2.41. The van der Waals surface area contributed by atoms with Gasteiger partial charge in [0.25, 0.3) is 0 Å². The van der Waals surface area contributed by atoms with Gasteiger partial charge in [0.05, 0.1) is 0 Å². The van der Waals surface area contributed by atoms with Gasteiger partial charge >= 0.3 is 17.9 Å². The summed E-state index contributed by atoms with van der Waals surface area (Å²) in [5.41, 5.74) is -0.736. The molecule has 0 bridgehead atoms. The van der Waals surface area contributed by atoms with Gasteiger partial charge in [0.2, 0.25) is 11.9 Å². The average molecular weight is 188 g/mol. The fraction of sp³-hybridized carbons (Fsp3) is 0.167. The highest BCUT2D eigenvalue weighted by Gasteiger charge is 2.45. The molecule has 0 spiro atoms. The lowest BCUT2D eigenvalue weighted by atomic mass is 10.0. The third-order valence-corrected chi connectivity index (χ3v) is 1.39. The van der Waals surface area contributed by atoms with Gasteiger partial charge in [0.1, 0.15) is 5.57 Å². The molecule has 1 aliphatic rings. The third kappa shape index (κ3) is 1.31. The number of rotatable bonds is 3. The molecule has 0 fully saturated rings. The molecule has 0 aromatic heterocycles. The first-order valence-electron chi connectivity index (χ1n) is 3.05. The van der Waals surface area contributed by atoms with Crippen molar-refractivity contribution in [2.45, 2.75) is 6.10 Å². The Balaban J connectivity index is 3.02. The van der Waals surface area contributed by atoms with Crippen LogP contribution in [0, 0.1) is 0 Å². The molecule has 0 aromatic carbocycles. The van der Waals surface area contributed by atoms with Gasteiger partial charge in [-0.15, -0.1) is 0 Å². The van der Waals surface area contributed by atoms with Gasteiger partial charge in [-0.1, -0.05) is 0 Å². The molecule has 0 amide bonds. The van der Waals surface area contributed by atoms with Crippen molar-refractivity contribution in [3.63, 3.8) is 0 Å².